The summed E-state index contributed by atoms with van der Waals surface area (Å²) in [4.78, 5) is 16.0. The van der Waals surface area contributed by atoms with Crippen LogP contribution < -0.4 is 5.32 Å². The van der Waals surface area contributed by atoms with Crippen LogP contribution in [0.25, 0.3) is 0 Å². The maximum atomic E-state index is 11.9. The van der Waals surface area contributed by atoms with Gasteiger partial charge in [-0.1, -0.05) is 11.8 Å². The molecule has 0 bridgehead atoms. The van der Waals surface area contributed by atoms with E-state index in [2.05, 4.69) is 22.1 Å². The Bertz CT molecular complexity index is 463. The van der Waals surface area contributed by atoms with Gasteiger partial charge in [-0.15, -0.1) is 0 Å². The zero-order valence-corrected chi connectivity index (χ0v) is 11.0. The highest BCUT2D eigenvalue weighted by atomic mass is 16.5. The minimum absolute atomic E-state index is 0.00312. The van der Waals surface area contributed by atoms with Gasteiger partial charge >= 0.3 is 0 Å². The number of amides is 1. The average Bonchev–Trinajstić information content (AvgIpc) is 2.44. The normalized spacial score (nSPS) is 9.58. The molecule has 5 heteroatoms. The predicted molar refractivity (Wildman–Crippen MR) is 71.6 cm³/mol. The molecule has 19 heavy (non-hydrogen) atoms. The van der Waals surface area contributed by atoms with Crippen molar-refractivity contribution in [3.05, 3.63) is 29.6 Å². The number of hydrogen-bond donors (Lipinski definition) is 2. The van der Waals surface area contributed by atoms with Crippen molar-refractivity contribution in [1.82, 2.24) is 10.3 Å². The Morgan fingerprint density at radius 3 is 3.16 bits per heavy atom. The highest BCUT2D eigenvalue weighted by molar-refractivity contribution is 5.94. The first-order valence-electron chi connectivity index (χ1n) is 6.20. The number of aliphatic hydroxyl groups excluding tert-OH is 1. The topological polar surface area (TPSA) is 71.5 Å². The molecule has 1 aromatic rings. The lowest BCUT2D eigenvalue weighted by atomic mass is 10.2. The van der Waals surface area contributed by atoms with Crippen LogP contribution in [0.3, 0.4) is 0 Å². The van der Waals surface area contributed by atoms with Crippen molar-refractivity contribution in [3.63, 3.8) is 0 Å². The number of pyridine rings is 1. The summed E-state index contributed by atoms with van der Waals surface area (Å²) in [6.07, 6.45) is 1.93. The molecule has 2 N–H and O–H groups in total. The van der Waals surface area contributed by atoms with Crippen LogP contribution in [-0.4, -0.2) is 42.4 Å². The fourth-order valence-electron chi connectivity index (χ4n) is 1.37. The molecule has 0 unspecified atom stereocenters. The van der Waals surface area contributed by atoms with Gasteiger partial charge in [0.1, 0.15) is 5.69 Å². The Kier molecular flexibility index (Phi) is 7.25. The van der Waals surface area contributed by atoms with Gasteiger partial charge in [0, 0.05) is 25.8 Å². The van der Waals surface area contributed by atoms with Gasteiger partial charge in [0.25, 0.3) is 5.91 Å². The standard InChI is InChI=1S/C14H18N2O3/c1-2-19-11-9-16-14(18)13-12(6-3-4-10-17)7-5-8-15-13/h5,7-8,17H,2,4,9-11H2,1H3,(H,16,18). The lowest BCUT2D eigenvalue weighted by molar-refractivity contribution is 0.0917. The van der Waals surface area contributed by atoms with Gasteiger partial charge in [0.2, 0.25) is 0 Å². The first kappa shape index (κ1) is 15.2. The molecule has 0 spiro atoms. The van der Waals surface area contributed by atoms with E-state index in [1.165, 1.54) is 0 Å². The van der Waals surface area contributed by atoms with Crippen LogP contribution in [0.2, 0.25) is 0 Å². The average molecular weight is 262 g/mol. The fraction of sp³-hybridized carbons (Fsp3) is 0.429. The molecular formula is C14H18N2O3. The molecule has 0 aromatic carbocycles. The second kappa shape index (κ2) is 9.09. The molecule has 1 aromatic heterocycles. The molecule has 0 aliphatic heterocycles. The fourth-order valence-corrected chi connectivity index (χ4v) is 1.37. The first-order valence-corrected chi connectivity index (χ1v) is 6.20. The Morgan fingerprint density at radius 1 is 1.58 bits per heavy atom. The minimum Gasteiger partial charge on any atom is -0.395 e. The third kappa shape index (κ3) is 5.51. The summed E-state index contributed by atoms with van der Waals surface area (Å²) in [6, 6.07) is 3.45. The van der Waals surface area contributed by atoms with Crippen molar-refractivity contribution in [3.8, 4) is 11.8 Å². The van der Waals surface area contributed by atoms with E-state index < -0.39 is 0 Å². The zero-order valence-electron chi connectivity index (χ0n) is 11.0. The summed E-state index contributed by atoms with van der Waals surface area (Å²) in [7, 11) is 0. The molecule has 0 saturated heterocycles. The maximum absolute atomic E-state index is 11.9. The van der Waals surface area contributed by atoms with E-state index in [1.807, 2.05) is 6.92 Å². The van der Waals surface area contributed by atoms with Gasteiger partial charge in [-0.25, -0.2) is 4.98 Å². The number of rotatable bonds is 6. The Labute approximate surface area is 113 Å². The quantitative estimate of drug-likeness (QED) is 0.581. The molecule has 102 valence electrons. The largest absolute Gasteiger partial charge is 0.395 e. The van der Waals surface area contributed by atoms with Crippen LogP contribution in [0.15, 0.2) is 18.3 Å². The number of carbonyl (C=O) groups excluding carboxylic acids is 1. The molecule has 1 heterocycles. The van der Waals surface area contributed by atoms with Crippen molar-refractivity contribution in [2.24, 2.45) is 0 Å². The van der Waals surface area contributed by atoms with E-state index in [0.29, 0.717) is 37.4 Å². The molecule has 0 aliphatic rings. The summed E-state index contributed by atoms with van der Waals surface area (Å²) in [6.45, 7) is 3.43. The van der Waals surface area contributed by atoms with Crippen LogP contribution in [-0.2, 0) is 4.74 Å². The summed E-state index contributed by atoms with van der Waals surface area (Å²) in [5.41, 5.74) is 0.856. The molecule has 1 rings (SSSR count). The summed E-state index contributed by atoms with van der Waals surface area (Å²) >= 11 is 0. The second-order valence-corrected chi connectivity index (χ2v) is 3.63. The summed E-state index contributed by atoms with van der Waals surface area (Å²) in [5.74, 6) is 5.34. The molecule has 5 nitrogen and oxygen atoms in total. The monoisotopic (exact) mass is 262 g/mol. The SMILES string of the molecule is CCOCCNC(=O)c1ncccc1C#CCCO. The van der Waals surface area contributed by atoms with E-state index >= 15 is 0 Å². The van der Waals surface area contributed by atoms with E-state index in [9.17, 15) is 4.79 Å². The number of ether oxygens (including phenoxy) is 1. The first-order chi connectivity index (χ1) is 9.29. The molecule has 0 atom stereocenters. The van der Waals surface area contributed by atoms with Gasteiger partial charge in [-0.3, -0.25) is 4.79 Å². The Morgan fingerprint density at radius 2 is 2.42 bits per heavy atom. The predicted octanol–water partition coefficient (Wildman–Crippen LogP) is 0.582. The maximum Gasteiger partial charge on any atom is 0.271 e. The number of hydrogen-bond acceptors (Lipinski definition) is 4. The van der Waals surface area contributed by atoms with Crippen LogP contribution in [0.5, 0.6) is 0 Å². The highest BCUT2D eigenvalue weighted by Gasteiger charge is 2.10. The van der Waals surface area contributed by atoms with Crippen LogP contribution >= 0.6 is 0 Å². The van der Waals surface area contributed by atoms with Gasteiger partial charge in [-0.05, 0) is 19.1 Å². The summed E-state index contributed by atoms with van der Waals surface area (Å²) < 4.78 is 5.14. The van der Waals surface area contributed by atoms with Crippen LogP contribution in [0.1, 0.15) is 29.4 Å². The molecule has 1 amide bonds. The van der Waals surface area contributed by atoms with Gasteiger partial charge in [-0.2, -0.15) is 0 Å². The smallest absolute Gasteiger partial charge is 0.271 e. The van der Waals surface area contributed by atoms with E-state index in [-0.39, 0.29) is 12.5 Å². The number of nitrogens with one attached hydrogen (secondary N) is 1. The van der Waals surface area contributed by atoms with Crippen LogP contribution in [0.4, 0.5) is 0 Å². The van der Waals surface area contributed by atoms with Crippen molar-refractivity contribution in [2.45, 2.75) is 13.3 Å². The van der Waals surface area contributed by atoms with Crippen molar-refractivity contribution in [2.75, 3.05) is 26.4 Å². The van der Waals surface area contributed by atoms with E-state index in [0.717, 1.165) is 0 Å². The molecular weight excluding hydrogens is 244 g/mol. The van der Waals surface area contributed by atoms with E-state index in [4.69, 9.17) is 9.84 Å². The number of aromatic nitrogens is 1. The number of nitrogens with zero attached hydrogens (tertiary/aromatic N) is 1. The third-order valence-electron chi connectivity index (χ3n) is 2.22. The molecule has 0 aliphatic carbocycles. The minimum atomic E-state index is -0.270. The number of aliphatic hydroxyl groups is 1. The van der Waals surface area contributed by atoms with Crippen molar-refractivity contribution < 1.29 is 14.6 Å². The molecule has 0 saturated carbocycles. The third-order valence-corrected chi connectivity index (χ3v) is 2.22. The van der Waals surface area contributed by atoms with Crippen molar-refractivity contribution in [1.29, 1.82) is 0 Å². The van der Waals surface area contributed by atoms with Gasteiger partial charge < -0.3 is 15.2 Å². The summed E-state index contributed by atoms with van der Waals surface area (Å²) in [5, 5.41) is 11.4. The lowest BCUT2D eigenvalue weighted by Crippen LogP contribution is -2.28. The molecule has 0 radical (unpaired) electrons. The van der Waals surface area contributed by atoms with Gasteiger partial charge in [0.05, 0.1) is 18.8 Å². The van der Waals surface area contributed by atoms with Crippen LogP contribution in [0, 0.1) is 11.8 Å². The Hall–Kier alpha value is -1.90. The number of carbonyl (C=O) groups is 1. The second-order valence-electron chi connectivity index (χ2n) is 3.63. The van der Waals surface area contributed by atoms with Gasteiger partial charge in [0.15, 0.2) is 0 Å². The van der Waals surface area contributed by atoms with Crippen molar-refractivity contribution >= 4 is 5.91 Å². The van der Waals surface area contributed by atoms with E-state index in [1.54, 1.807) is 18.3 Å². The Balaban J connectivity index is 2.66. The lowest BCUT2D eigenvalue weighted by Gasteiger charge is -2.06. The highest BCUT2D eigenvalue weighted by Crippen LogP contribution is 2.03. The zero-order chi connectivity index (χ0) is 13.9. The molecule has 0 fully saturated rings.